The van der Waals surface area contributed by atoms with E-state index in [0.717, 1.165) is 28.1 Å². The summed E-state index contributed by atoms with van der Waals surface area (Å²) >= 11 is 0. The van der Waals surface area contributed by atoms with Gasteiger partial charge in [0, 0.05) is 24.7 Å². The topological polar surface area (TPSA) is 59.1 Å². The molecule has 7 heteroatoms. The first kappa shape index (κ1) is 23.3. The molecule has 0 aromatic heterocycles. The Bertz CT molecular complexity index is 1160. The number of rotatable bonds is 6. The number of benzene rings is 3. The number of halogens is 1. The van der Waals surface area contributed by atoms with Crippen LogP contribution in [0.25, 0.3) is 0 Å². The van der Waals surface area contributed by atoms with Gasteiger partial charge in [0.2, 0.25) is 5.91 Å². The quantitative estimate of drug-likeness (QED) is 0.542. The predicted molar refractivity (Wildman–Crippen MR) is 127 cm³/mol. The highest BCUT2D eigenvalue weighted by atomic mass is 19.1. The first-order chi connectivity index (χ1) is 16.4. The summed E-state index contributed by atoms with van der Waals surface area (Å²) in [5, 5.41) is 0. The summed E-state index contributed by atoms with van der Waals surface area (Å²) in [5.74, 6) is 0.564. The summed E-state index contributed by atoms with van der Waals surface area (Å²) in [6, 6.07) is 19.2. The molecule has 4 rings (SSSR count). The number of anilines is 1. The van der Waals surface area contributed by atoms with Gasteiger partial charge in [-0.3, -0.25) is 9.59 Å². The minimum absolute atomic E-state index is 0.0511. The third-order valence-electron chi connectivity index (χ3n) is 5.70. The van der Waals surface area contributed by atoms with Crippen LogP contribution < -0.4 is 14.4 Å². The van der Waals surface area contributed by atoms with E-state index in [1.807, 2.05) is 49.4 Å². The zero-order chi connectivity index (χ0) is 24.1. The Morgan fingerprint density at radius 2 is 1.79 bits per heavy atom. The van der Waals surface area contributed by atoms with Crippen LogP contribution in [0.15, 0.2) is 66.7 Å². The van der Waals surface area contributed by atoms with Gasteiger partial charge in [0.05, 0.1) is 13.1 Å². The second kappa shape index (κ2) is 10.4. The van der Waals surface area contributed by atoms with Crippen molar-refractivity contribution in [2.45, 2.75) is 26.9 Å². The van der Waals surface area contributed by atoms with E-state index >= 15 is 0 Å². The lowest BCUT2D eigenvalue weighted by atomic mass is 10.1. The first-order valence-electron chi connectivity index (χ1n) is 11.1. The number of carbonyl (C=O) groups is 2. The van der Waals surface area contributed by atoms with Crippen molar-refractivity contribution < 1.29 is 23.5 Å². The lowest BCUT2D eigenvalue weighted by Crippen LogP contribution is -2.36. The molecular weight excluding hydrogens is 435 g/mol. The van der Waals surface area contributed by atoms with Crippen LogP contribution in [0.5, 0.6) is 11.5 Å². The van der Waals surface area contributed by atoms with Crippen molar-refractivity contribution in [1.82, 2.24) is 4.90 Å². The van der Waals surface area contributed by atoms with Crippen LogP contribution >= 0.6 is 0 Å². The minimum Gasteiger partial charge on any atom is -0.491 e. The Kier molecular flexibility index (Phi) is 7.11. The molecule has 0 aliphatic carbocycles. The minimum atomic E-state index is -0.360. The van der Waals surface area contributed by atoms with Crippen LogP contribution in [0, 0.1) is 12.7 Å². The Morgan fingerprint density at radius 1 is 1.06 bits per heavy atom. The standard InChI is InChI=1S/C27H27FN2O4/c1-19-3-8-24(9-4-19)30(20(2)31)16-21-5-12-26-22(15-21)17-29(13-14-33-26)27(32)18-34-25-10-6-23(28)7-11-25/h3-12,15H,13-14,16-18H2,1-2H3. The van der Waals surface area contributed by atoms with Gasteiger partial charge in [0.15, 0.2) is 6.61 Å². The maximum absolute atomic E-state index is 13.1. The van der Waals surface area contributed by atoms with E-state index in [1.54, 1.807) is 16.7 Å². The third kappa shape index (κ3) is 5.73. The first-order valence-corrected chi connectivity index (χ1v) is 11.1. The molecule has 3 aromatic rings. The molecule has 0 unspecified atom stereocenters. The highest BCUT2D eigenvalue weighted by Gasteiger charge is 2.21. The highest BCUT2D eigenvalue weighted by Crippen LogP contribution is 2.26. The summed E-state index contributed by atoms with van der Waals surface area (Å²) in [6.07, 6.45) is 0. The molecule has 1 heterocycles. The van der Waals surface area contributed by atoms with E-state index in [1.165, 1.54) is 24.3 Å². The van der Waals surface area contributed by atoms with Gasteiger partial charge in [-0.25, -0.2) is 4.39 Å². The second-order valence-electron chi connectivity index (χ2n) is 8.29. The largest absolute Gasteiger partial charge is 0.491 e. The van der Waals surface area contributed by atoms with Crippen molar-refractivity contribution in [2.75, 3.05) is 24.7 Å². The van der Waals surface area contributed by atoms with Crippen LogP contribution in [0.2, 0.25) is 0 Å². The molecule has 0 N–H and O–H groups in total. The van der Waals surface area contributed by atoms with Crippen molar-refractivity contribution in [2.24, 2.45) is 0 Å². The summed E-state index contributed by atoms with van der Waals surface area (Å²) in [6.45, 7) is 5.00. The Labute approximate surface area is 198 Å². The van der Waals surface area contributed by atoms with E-state index < -0.39 is 0 Å². The summed E-state index contributed by atoms with van der Waals surface area (Å²) in [5.41, 5.74) is 3.77. The number of hydrogen-bond donors (Lipinski definition) is 0. The molecule has 1 aliphatic rings. The SMILES string of the molecule is CC(=O)N(Cc1ccc2c(c1)CN(C(=O)COc1ccc(F)cc1)CCO2)c1ccc(C)cc1. The second-order valence-corrected chi connectivity index (χ2v) is 8.29. The van der Waals surface area contributed by atoms with Crippen molar-refractivity contribution >= 4 is 17.5 Å². The number of fused-ring (bicyclic) bond motifs is 1. The number of carbonyl (C=O) groups excluding carboxylic acids is 2. The maximum atomic E-state index is 13.1. The van der Waals surface area contributed by atoms with Gasteiger partial charge >= 0.3 is 0 Å². The zero-order valence-electron chi connectivity index (χ0n) is 19.3. The number of aryl methyl sites for hydroxylation is 1. The molecule has 2 amide bonds. The number of ether oxygens (including phenoxy) is 2. The average molecular weight is 463 g/mol. The normalized spacial score (nSPS) is 12.9. The molecule has 3 aromatic carbocycles. The maximum Gasteiger partial charge on any atom is 0.260 e. The Hall–Kier alpha value is -3.87. The van der Waals surface area contributed by atoms with Crippen LogP contribution in [-0.2, 0) is 22.7 Å². The van der Waals surface area contributed by atoms with Gasteiger partial charge in [-0.1, -0.05) is 23.8 Å². The number of amides is 2. The van der Waals surface area contributed by atoms with Gasteiger partial charge in [-0.15, -0.1) is 0 Å². The summed E-state index contributed by atoms with van der Waals surface area (Å²) in [4.78, 5) is 28.5. The molecule has 0 atom stereocenters. The lowest BCUT2D eigenvalue weighted by Gasteiger charge is -2.23. The summed E-state index contributed by atoms with van der Waals surface area (Å²) < 4.78 is 24.4. The van der Waals surface area contributed by atoms with Crippen molar-refractivity contribution in [3.8, 4) is 11.5 Å². The van der Waals surface area contributed by atoms with E-state index in [9.17, 15) is 14.0 Å². The molecule has 0 saturated carbocycles. The fourth-order valence-electron chi connectivity index (χ4n) is 3.82. The Balaban J connectivity index is 1.46. The van der Waals surface area contributed by atoms with Gasteiger partial charge in [-0.05, 0) is 61.0 Å². The van der Waals surface area contributed by atoms with Crippen LogP contribution in [0.3, 0.4) is 0 Å². The fourth-order valence-corrected chi connectivity index (χ4v) is 3.82. The van der Waals surface area contributed by atoms with Gasteiger partial charge in [0.1, 0.15) is 23.9 Å². The van der Waals surface area contributed by atoms with Crippen molar-refractivity contribution in [3.63, 3.8) is 0 Å². The summed E-state index contributed by atoms with van der Waals surface area (Å²) in [7, 11) is 0. The van der Waals surface area contributed by atoms with Gasteiger partial charge in [-0.2, -0.15) is 0 Å². The highest BCUT2D eigenvalue weighted by molar-refractivity contribution is 5.91. The van der Waals surface area contributed by atoms with Crippen LogP contribution in [-0.4, -0.2) is 36.5 Å². The fraction of sp³-hybridized carbons (Fsp3) is 0.259. The monoisotopic (exact) mass is 462 g/mol. The molecule has 0 bridgehead atoms. The molecule has 176 valence electrons. The van der Waals surface area contributed by atoms with E-state index in [0.29, 0.717) is 32.0 Å². The molecule has 6 nitrogen and oxygen atoms in total. The number of nitrogens with zero attached hydrogens (tertiary/aromatic N) is 2. The molecule has 0 radical (unpaired) electrons. The van der Waals surface area contributed by atoms with E-state index in [4.69, 9.17) is 9.47 Å². The third-order valence-corrected chi connectivity index (χ3v) is 5.70. The molecule has 0 saturated heterocycles. The van der Waals surface area contributed by atoms with E-state index in [-0.39, 0.29) is 24.2 Å². The van der Waals surface area contributed by atoms with Crippen LogP contribution in [0.1, 0.15) is 23.6 Å². The van der Waals surface area contributed by atoms with Crippen molar-refractivity contribution in [3.05, 3.63) is 89.2 Å². The van der Waals surface area contributed by atoms with Crippen LogP contribution in [0.4, 0.5) is 10.1 Å². The zero-order valence-corrected chi connectivity index (χ0v) is 19.3. The van der Waals surface area contributed by atoms with Crippen molar-refractivity contribution in [1.29, 1.82) is 0 Å². The van der Waals surface area contributed by atoms with Gasteiger partial charge in [0.25, 0.3) is 5.91 Å². The Morgan fingerprint density at radius 3 is 2.50 bits per heavy atom. The molecular formula is C27H27FN2O4. The average Bonchev–Trinajstić information content (AvgIpc) is 3.04. The molecule has 0 fully saturated rings. The lowest BCUT2D eigenvalue weighted by molar-refractivity contribution is -0.134. The number of hydrogen-bond acceptors (Lipinski definition) is 4. The molecule has 1 aliphatic heterocycles. The van der Waals surface area contributed by atoms with E-state index in [2.05, 4.69) is 0 Å². The smallest absolute Gasteiger partial charge is 0.260 e. The van der Waals surface area contributed by atoms with Gasteiger partial charge < -0.3 is 19.3 Å². The predicted octanol–water partition coefficient (Wildman–Crippen LogP) is 4.49. The molecule has 34 heavy (non-hydrogen) atoms. The molecule has 0 spiro atoms.